The van der Waals surface area contributed by atoms with Crippen molar-refractivity contribution in [3.8, 4) is 5.75 Å². The van der Waals surface area contributed by atoms with Gasteiger partial charge >= 0.3 is 0 Å². The Morgan fingerprint density at radius 3 is 1.44 bits per heavy atom. The monoisotopic (exact) mass is 527 g/mol. The van der Waals surface area contributed by atoms with Gasteiger partial charge in [-0.3, -0.25) is 9.59 Å². The molecule has 4 heteroatoms. The number of ketones is 2. The number of ether oxygens (including phenoxy) is 1. The molecule has 5 aromatic rings. The number of carbonyl (C=O) groups excluding carboxylic acids is 2. The molecule has 0 spiro atoms. The lowest BCUT2D eigenvalue weighted by Gasteiger charge is -2.27. The Labute approximate surface area is 229 Å². The molecule has 3 nitrogen and oxygen atoms in total. The highest BCUT2D eigenvalue weighted by atomic mass is 31.2. The fourth-order valence-corrected chi connectivity index (χ4v) is 9.86. The lowest BCUT2D eigenvalue weighted by molar-refractivity contribution is 0.0978. The maximum absolute atomic E-state index is 13.1. The molecule has 6 rings (SSSR count). The summed E-state index contributed by atoms with van der Waals surface area (Å²) in [5.74, 6) is 0.361. The summed E-state index contributed by atoms with van der Waals surface area (Å²) in [6, 6.07) is 44.7. The van der Waals surface area contributed by atoms with Gasteiger partial charge in [0.25, 0.3) is 0 Å². The average Bonchev–Trinajstić information content (AvgIpc) is 3.01. The number of hydrogen-bond acceptors (Lipinski definition) is 3. The zero-order valence-corrected chi connectivity index (χ0v) is 22.4. The molecule has 39 heavy (non-hydrogen) atoms. The van der Waals surface area contributed by atoms with E-state index in [-0.39, 0.29) is 11.6 Å². The lowest BCUT2D eigenvalue weighted by Crippen LogP contribution is -2.33. The molecule has 0 heterocycles. The van der Waals surface area contributed by atoms with Crippen LogP contribution in [0.5, 0.6) is 5.75 Å². The van der Waals surface area contributed by atoms with E-state index in [4.69, 9.17) is 4.74 Å². The van der Waals surface area contributed by atoms with E-state index in [9.17, 15) is 9.59 Å². The minimum Gasteiger partial charge on any atom is -0.493 e. The second kappa shape index (κ2) is 10.8. The highest BCUT2D eigenvalue weighted by Crippen LogP contribution is 2.55. The van der Waals surface area contributed by atoms with Crippen molar-refractivity contribution < 1.29 is 14.3 Å². The van der Waals surface area contributed by atoms with Gasteiger partial charge in [-0.05, 0) is 54.6 Å². The van der Waals surface area contributed by atoms with E-state index in [1.807, 2.05) is 0 Å². The molecule has 0 bridgehead atoms. The van der Waals surface area contributed by atoms with Crippen LogP contribution in [0.2, 0.25) is 0 Å². The molecule has 5 aromatic carbocycles. The van der Waals surface area contributed by atoms with E-state index < -0.39 is 7.26 Å². The Hall–Kier alpha value is -4.33. The molecular formula is C35H28O3P+. The second-order valence-corrected chi connectivity index (χ2v) is 13.3. The third-order valence-electron chi connectivity index (χ3n) is 7.39. The Morgan fingerprint density at radius 2 is 0.923 bits per heavy atom. The number of benzene rings is 5. The molecule has 190 valence electrons. The van der Waals surface area contributed by atoms with Gasteiger partial charge in [0.2, 0.25) is 0 Å². The molecule has 0 radical (unpaired) electrons. The van der Waals surface area contributed by atoms with Crippen molar-refractivity contribution in [2.24, 2.45) is 0 Å². The van der Waals surface area contributed by atoms with Crippen LogP contribution in [0.15, 0.2) is 133 Å². The van der Waals surface area contributed by atoms with Gasteiger partial charge in [-0.2, -0.15) is 0 Å². The van der Waals surface area contributed by atoms with E-state index in [2.05, 4.69) is 91.0 Å². The minimum atomic E-state index is -1.93. The average molecular weight is 528 g/mol. The molecule has 0 amide bonds. The Bertz CT molecular complexity index is 1530. The molecule has 0 atom stereocenters. The minimum absolute atomic E-state index is 0.116. The molecule has 1 aliphatic carbocycles. The van der Waals surface area contributed by atoms with Gasteiger partial charge in [0.1, 0.15) is 28.9 Å². The topological polar surface area (TPSA) is 43.4 Å². The summed E-state index contributed by atoms with van der Waals surface area (Å²) < 4.78 is 6.20. The summed E-state index contributed by atoms with van der Waals surface area (Å²) in [7, 11) is -1.93. The number of rotatable bonds is 8. The highest BCUT2D eigenvalue weighted by molar-refractivity contribution is 7.95. The van der Waals surface area contributed by atoms with Crippen LogP contribution in [0.25, 0.3) is 0 Å². The molecule has 1 aliphatic rings. The normalized spacial score (nSPS) is 12.5. The first kappa shape index (κ1) is 25.0. The van der Waals surface area contributed by atoms with Crippen molar-refractivity contribution in [2.45, 2.75) is 6.42 Å². The van der Waals surface area contributed by atoms with Crippen molar-refractivity contribution >= 4 is 34.7 Å². The zero-order chi connectivity index (χ0) is 26.7. The largest absolute Gasteiger partial charge is 0.493 e. The van der Waals surface area contributed by atoms with Crippen LogP contribution < -0.4 is 20.7 Å². The van der Waals surface area contributed by atoms with Crippen LogP contribution >= 0.6 is 7.26 Å². The molecular weight excluding hydrogens is 499 g/mol. The van der Waals surface area contributed by atoms with Gasteiger partial charge in [0, 0.05) is 28.7 Å². The smallest absolute Gasteiger partial charge is 0.194 e. The molecule has 0 saturated heterocycles. The van der Waals surface area contributed by atoms with Crippen LogP contribution in [0.4, 0.5) is 0 Å². The Morgan fingerprint density at radius 1 is 0.487 bits per heavy atom. The predicted molar refractivity (Wildman–Crippen MR) is 160 cm³/mol. The van der Waals surface area contributed by atoms with Crippen LogP contribution in [-0.2, 0) is 0 Å². The summed E-state index contributed by atoms with van der Waals surface area (Å²) in [6.07, 6.45) is 1.78. The molecule has 0 saturated carbocycles. The summed E-state index contributed by atoms with van der Waals surface area (Å²) in [5.41, 5.74) is 1.77. The highest BCUT2D eigenvalue weighted by Gasteiger charge is 2.44. The summed E-state index contributed by atoms with van der Waals surface area (Å²) in [6.45, 7) is 0.506. The van der Waals surface area contributed by atoms with Gasteiger partial charge in [0.15, 0.2) is 11.6 Å². The summed E-state index contributed by atoms with van der Waals surface area (Å²) in [5, 5.41) is 4.04. The van der Waals surface area contributed by atoms with E-state index in [1.54, 1.807) is 42.5 Å². The maximum atomic E-state index is 13.1. The van der Waals surface area contributed by atoms with Crippen LogP contribution in [-0.4, -0.2) is 24.3 Å². The Kier molecular flexibility index (Phi) is 6.92. The molecule has 0 aromatic heterocycles. The van der Waals surface area contributed by atoms with Crippen molar-refractivity contribution in [2.75, 3.05) is 12.8 Å². The number of carbonyl (C=O) groups is 2. The first-order chi connectivity index (χ1) is 19.2. The third kappa shape index (κ3) is 4.60. The van der Waals surface area contributed by atoms with Crippen LogP contribution in [0.1, 0.15) is 38.3 Å². The van der Waals surface area contributed by atoms with Crippen molar-refractivity contribution in [1.82, 2.24) is 0 Å². The van der Waals surface area contributed by atoms with E-state index >= 15 is 0 Å². The van der Waals surface area contributed by atoms with Gasteiger partial charge in [-0.25, -0.2) is 0 Å². The zero-order valence-electron chi connectivity index (χ0n) is 21.5. The molecule has 0 fully saturated rings. The standard InChI is InChI=1S/C35H28O3P/c36-34-30-19-10-11-20-31(30)35(37)33-25-26(21-22-32(33)34)38-23-12-24-39(27-13-4-1-5-14-27,28-15-6-2-7-16-28)29-17-8-3-9-18-29/h1-11,13-22,25H,12,23-24H2/q+1. The van der Waals surface area contributed by atoms with Crippen molar-refractivity contribution in [1.29, 1.82) is 0 Å². The van der Waals surface area contributed by atoms with Crippen LogP contribution in [0.3, 0.4) is 0 Å². The molecule has 0 aliphatic heterocycles. The molecule has 0 unspecified atom stereocenters. The first-order valence-corrected chi connectivity index (χ1v) is 15.2. The van der Waals surface area contributed by atoms with Gasteiger partial charge in [-0.1, -0.05) is 78.9 Å². The van der Waals surface area contributed by atoms with Gasteiger partial charge in [0.05, 0.1) is 12.8 Å². The van der Waals surface area contributed by atoms with E-state index in [0.717, 1.165) is 12.6 Å². The predicted octanol–water partition coefficient (Wildman–Crippen LogP) is 6.23. The fourth-order valence-electron chi connectivity index (χ4n) is 5.54. The fraction of sp³-hybridized carbons (Fsp3) is 0.0857. The summed E-state index contributed by atoms with van der Waals surface area (Å²) in [4.78, 5) is 26.1. The van der Waals surface area contributed by atoms with Crippen LogP contribution in [0, 0.1) is 0 Å². The third-order valence-corrected chi connectivity index (χ3v) is 11.9. The lowest BCUT2D eigenvalue weighted by atomic mass is 9.84. The van der Waals surface area contributed by atoms with Gasteiger partial charge in [-0.15, -0.1) is 0 Å². The number of hydrogen-bond donors (Lipinski definition) is 0. The SMILES string of the molecule is O=C1c2ccccc2C(=O)c2cc(OCCC[P+](c3ccccc3)(c3ccccc3)c3ccccc3)ccc21. The van der Waals surface area contributed by atoms with Gasteiger partial charge < -0.3 is 4.74 Å². The van der Waals surface area contributed by atoms with Crippen molar-refractivity contribution in [3.63, 3.8) is 0 Å². The quantitative estimate of drug-likeness (QED) is 0.174. The molecule has 0 N–H and O–H groups in total. The summed E-state index contributed by atoms with van der Waals surface area (Å²) >= 11 is 0. The first-order valence-electron chi connectivity index (χ1n) is 13.2. The van der Waals surface area contributed by atoms with Crippen molar-refractivity contribution in [3.05, 3.63) is 156 Å². The second-order valence-electron chi connectivity index (χ2n) is 9.65. The number of fused-ring (bicyclic) bond motifs is 2. The van der Waals surface area contributed by atoms with E-state index in [1.165, 1.54) is 15.9 Å². The maximum Gasteiger partial charge on any atom is 0.194 e. The Balaban J connectivity index is 1.27. The van der Waals surface area contributed by atoms with E-state index in [0.29, 0.717) is 34.6 Å².